The van der Waals surface area contributed by atoms with Crippen LogP contribution in [0.15, 0.2) is 11.8 Å². The SMILES string of the molecule is CCOC1(C(=O)C2=COCCC2)CCCCCC1. The average Bonchev–Trinajstić information content (AvgIpc) is 2.66. The van der Waals surface area contributed by atoms with Crippen molar-refractivity contribution in [1.29, 1.82) is 0 Å². The first-order valence-corrected chi connectivity index (χ1v) is 7.28. The lowest BCUT2D eigenvalue weighted by Crippen LogP contribution is -2.42. The largest absolute Gasteiger partial charge is 0.501 e. The van der Waals surface area contributed by atoms with Crippen LogP contribution in [0.25, 0.3) is 0 Å². The van der Waals surface area contributed by atoms with Gasteiger partial charge in [-0.15, -0.1) is 0 Å². The normalized spacial score (nSPS) is 23.7. The molecule has 2 rings (SSSR count). The van der Waals surface area contributed by atoms with E-state index in [9.17, 15) is 4.79 Å². The predicted octanol–water partition coefficient (Wildman–Crippen LogP) is 3.38. The molecule has 1 aliphatic carbocycles. The molecular formula is C15H24O3. The summed E-state index contributed by atoms with van der Waals surface area (Å²) in [5.74, 6) is 0.186. The van der Waals surface area contributed by atoms with Crippen molar-refractivity contribution in [3.05, 3.63) is 11.8 Å². The molecule has 3 nitrogen and oxygen atoms in total. The molecule has 0 bridgehead atoms. The van der Waals surface area contributed by atoms with Crippen LogP contribution < -0.4 is 0 Å². The predicted molar refractivity (Wildman–Crippen MR) is 70.3 cm³/mol. The molecule has 0 aromatic heterocycles. The van der Waals surface area contributed by atoms with Crippen LogP contribution in [0, 0.1) is 0 Å². The van der Waals surface area contributed by atoms with Crippen molar-refractivity contribution in [2.45, 2.75) is 63.9 Å². The highest BCUT2D eigenvalue weighted by Crippen LogP contribution is 2.34. The summed E-state index contributed by atoms with van der Waals surface area (Å²) in [6, 6.07) is 0. The summed E-state index contributed by atoms with van der Waals surface area (Å²) in [7, 11) is 0. The molecule has 2 aliphatic rings. The minimum atomic E-state index is -0.558. The standard InChI is InChI=1S/C15H24O3/c1-2-18-15(9-5-3-4-6-10-15)14(16)13-8-7-11-17-12-13/h12H,2-11H2,1H3. The highest BCUT2D eigenvalue weighted by Gasteiger charge is 2.40. The summed E-state index contributed by atoms with van der Waals surface area (Å²) in [5.41, 5.74) is 0.272. The fraction of sp³-hybridized carbons (Fsp3) is 0.800. The lowest BCUT2D eigenvalue weighted by molar-refractivity contribution is -0.142. The fourth-order valence-electron chi connectivity index (χ4n) is 3.04. The molecule has 102 valence electrons. The van der Waals surface area contributed by atoms with Crippen molar-refractivity contribution in [3.8, 4) is 0 Å². The number of carbonyl (C=O) groups is 1. The number of Topliss-reactive ketones (excluding diaryl/α,β-unsaturated/α-hetero) is 1. The van der Waals surface area contributed by atoms with Gasteiger partial charge in [0.15, 0.2) is 5.78 Å². The molecule has 1 aliphatic heterocycles. The summed E-state index contributed by atoms with van der Waals surface area (Å²) >= 11 is 0. The molecule has 18 heavy (non-hydrogen) atoms. The van der Waals surface area contributed by atoms with Gasteiger partial charge in [-0.25, -0.2) is 0 Å². The average molecular weight is 252 g/mol. The Kier molecular flexibility index (Phi) is 4.81. The third-order valence-electron chi connectivity index (χ3n) is 3.97. The third kappa shape index (κ3) is 2.94. The van der Waals surface area contributed by atoms with E-state index in [1.807, 2.05) is 6.92 Å². The molecule has 0 aromatic rings. The van der Waals surface area contributed by atoms with E-state index in [0.29, 0.717) is 6.61 Å². The van der Waals surface area contributed by atoms with Crippen molar-refractivity contribution in [1.82, 2.24) is 0 Å². The van der Waals surface area contributed by atoms with Crippen molar-refractivity contribution >= 4 is 5.78 Å². The molecule has 1 saturated carbocycles. The van der Waals surface area contributed by atoms with Crippen LogP contribution in [0.4, 0.5) is 0 Å². The van der Waals surface area contributed by atoms with Gasteiger partial charge in [0.25, 0.3) is 0 Å². The van der Waals surface area contributed by atoms with Crippen LogP contribution in [0.3, 0.4) is 0 Å². The molecule has 0 radical (unpaired) electrons. The summed E-state index contributed by atoms with van der Waals surface area (Å²) in [4.78, 5) is 12.7. The second kappa shape index (κ2) is 6.37. The summed E-state index contributed by atoms with van der Waals surface area (Å²) in [6.45, 7) is 3.32. The molecule has 0 spiro atoms. The van der Waals surface area contributed by atoms with Crippen LogP contribution in [-0.4, -0.2) is 24.6 Å². The van der Waals surface area contributed by atoms with Crippen molar-refractivity contribution < 1.29 is 14.3 Å². The van der Waals surface area contributed by atoms with Crippen molar-refractivity contribution in [3.63, 3.8) is 0 Å². The molecule has 3 heteroatoms. The Hall–Kier alpha value is -0.830. The second-order valence-corrected chi connectivity index (χ2v) is 5.29. The number of ether oxygens (including phenoxy) is 2. The van der Waals surface area contributed by atoms with Gasteiger partial charge >= 0.3 is 0 Å². The second-order valence-electron chi connectivity index (χ2n) is 5.29. The minimum Gasteiger partial charge on any atom is -0.501 e. The van der Waals surface area contributed by atoms with Gasteiger partial charge in [-0.2, -0.15) is 0 Å². The Labute approximate surface area is 110 Å². The lowest BCUT2D eigenvalue weighted by atomic mass is 9.84. The van der Waals surface area contributed by atoms with Crippen LogP contribution in [0.1, 0.15) is 58.3 Å². The molecule has 0 atom stereocenters. The third-order valence-corrected chi connectivity index (χ3v) is 3.97. The van der Waals surface area contributed by atoms with Gasteiger partial charge in [0.2, 0.25) is 0 Å². The highest BCUT2D eigenvalue weighted by molar-refractivity contribution is 6.01. The van der Waals surface area contributed by atoms with Gasteiger partial charge < -0.3 is 9.47 Å². The minimum absolute atomic E-state index is 0.186. The van der Waals surface area contributed by atoms with E-state index >= 15 is 0 Å². The van der Waals surface area contributed by atoms with E-state index in [1.165, 1.54) is 12.8 Å². The first-order chi connectivity index (χ1) is 8.78. The number of hydrogen-bond donors (Lipinski definition) is 0. The van der Waals surface area contributed by atoms with Crippen molar-refractivity contribution in [2.75, 3.05) is 13.2 Å². The zero-order valence-electron chi connectivity index (χ0n) is 11.4. The van der Waals surface area contributed by atoms with E-state index in [1.54, 1.807) is 6.26 Å². The van der Waals surface area contributed by atoms with Gasteiger partial charge in [-0.3, -0.25) is 4.79 Å². The molecule has 0 amide bonds. The Morgan fingerprint density at radius 1 is 1.28 bits per heavy atom. The molecule has 0 aromatic carbocycles. The Morgan fingerprint density at radius 3 is 2.56 bits per heavy atom. The van der Waals surface area contributed by atoms with Gasteiger partial charge in [-0.05, 0) is 32.6 Å². The lowest BCUT2D eigenvalue weighted by Gasteiger charge is -2.32. The van der Waals surface area contributed by atoms with E-state index in [2.05, 4.69) is 0 Å². The van der Waals surface area contributed by atoms with Crippen LogP contribution in [0.5, 0.6) is 0 Å². The zero-order chi connectivity index (χ0) is 12.8. The maximum absolute atomic E-state index is 12.7. The Balaban J connectivity index is 2.16. The number of ketones is 1. The van der Waals surface area contributed by atoms with Crippen LogP contribution in [-0.2, 0) is 14.3 Å². The van der Waals surface area contributed by atoms with E-state index in [0.717, 1.165) is 50.7 Å². The molecule has 0 N–H and O–H groups in total. The highest BCUT2D eigenvalue weighted by atomic mass is 16.5. The van der Waals surface area contributed by atoms with Crippen LogP contribution >= 0.6 is 0 Å². The molecule has 1 heterocycles. The van der Waals surface area contributed by atoms with E-state index in [4.69, 9.17) is 9.47 Å². The maximum Gasteiger partial charge on any atom is 0.193 e. The summed E-state index contributed by atoms with van der Waals surface area (Å²) < 4.78 is 11.2. The quantitative estimate of drug-likeness (QED) is 0.719. The molecular weight excluding hydrogens is 228 g/mol. The van der Waals surface area contributed by atoms with E-state index in [-0.39, 0.29) is 5.78 Å². The molecule has 0 unspecified atom stereocenters. The van der Waals surface area contributed by atoms with Gasteiger partial charge in [0, 0.05) is 12.2 Å². The zero-order valence-corrected chi connectivity index (χ0v) is 11.4. The summed E-state index contributed by atoms with van der Waals surface area (Å²) in [6.07, 6.45) is 9.83. The maximum atomic E-state index is 12.7. The van der Waals surface area contributed by atoms with Gasteiger partial charge in [0.05, 0.1) is 12.9 Å². The van der Waals surface area contributed by atoms with Gasteiger partial charge in [0.1, 0.15) is 5.60 Å². The van der Waals surface area contributed by atoms with E-state index < -0.39 is 5.60 Å². The first-order valence-electron chi connectivity index (χ1n) is 7.28. The fourth-order valence-corrected chi connectivity index (χ4v) is 3.04. The first kappa shape index (κ1) is 13.6. The topological polar surface area (TPSA) is 35.5 Å². The number of rotatable bonds is 4. The van der Waals surface area contributed by atoms with Crippen LogP contribution in [0.2, 0.25) is 0 Å². The van der Waals surface area contributed by atoms with Crippen molar-refractivity contribution in [2.24, 2.45) is 0 Å². The monoisotopic (exact) mass is 252 g/mol. The number of carbonyl (C=O) groups excluding carboxylic acids is 1. The molecule has 0 saturated heterocycles. The summed E-state index contributed by atoms with van der Waals surface area (Å²) in [5, 5.41) is 0. The number of hydrogen-bond acceptors (Lipinski definition) is 3. The molecule has 1 fully saturated rings. The Bertz CT molecular complexity index is 312. The van der Waals surface area contributed by atoms with Gasteiger partial charge in [-0.1, -0.05) is 25.7 Å². The Morgan fingerprint density at radius 2 is 2.00 bits per heavy atom. The smallest absolute Gasteiger partial charge is 0.193 e.